The standard InChI is InChI=1S/C28H23F5N4O/c29-19-7-5-18(6-8-19)25-21-3-1-2-4-22(21)26(36-35-25)37-13-11-17(12-14-37)16-34-27(38)23-10-9-20(30)15-24(23)28(31,32)33/h1-10,15,17H,11-14,16H2,(H,34,38). The Labute approximate surface area is 215 Å². The maximum atomic E-state index is 13.4. The molecule has 5 nitrogen and oxygen atoms in total. The fraction of sp³-hybridized carbons (Fsp3) is 0.250. The minimum Gasteiger partial charge on any atom is -0.355 e. The number of benzene rings is 3. The van der Waals surface area contributed by atoms with Gasteiger partial charge < -0.3 is 10.2 Å². The molecule has 196 valence electrons. The quantitative estimate of drug-likeness (QED) is 0.313. The summed E-state index contributed by atoms with van der Waals surface area (Å²) in [7, 11) is 0. The van der Waals surface area contributed by atoms with Gasteiger partial charge in [0.2, 0.25) is 0 Å². The van der Waals surface area contributed by atoms with Crippen LogP contribution in [0.1, 0.15) is 28.8 Å². The second-order valence-electron chi connectivity index (χ2n) is 9.25. The van der Waals surface area contributed by atoms with Crippen LogP contribution >= 0.6 is 0 Å². The van der Waals surface area contributed by atoms with Crippen molar-refractivity contribution in [3.63, 3.8) is 0 Å². The highest BCUT2D eigenvalue weighted by molar-refractivity contribution is 6.00. The number of halogens is 5. The molecule has 0 bridgehead atoms. The molecule has 1 saturated heterocycles. The minimum atomic E-state index is -4.84. The second kappa shape index (κ2) is 10.4. The molecule has 0 spiro atoms. The Morgan fingerprint density at radius 1 is 0.895 bits per heavy atom. The van der Waals surface area contributed by atoms with Crippen molar-refractivity contribution in [1.82, 2.24) is 15.5 Å². The van der Waals surface area contributed by atoms with Crippen molar-refractivity contribution in [2.75, 3.05) is 24.5 Å². The van der Waals surface area contributed by atoms with Crippen LogP contribution in [0, 0.1) is 17.6 Å². The summed E-state index contributed by atoms with van der Waals surface area (Å²) in [5.74, 6) is -1.49. The van der Waals surface area contributed by atoms with Crippen LogP contribution in [0.3, 0.4) is 0 Å². The smallest absolute Gasteiger partial charge is 0.355 e. The van der Waals surface area contributed by atoms with E-state index in [0.29, 0.717) is 37.7 Å². The van der Waals surface area contributed by atoms with Gasteiger partial charge in [-0.25, -0.2) is 8.78 Å². The van der Waals surface area contributed by atoms with Gasteiger partial charge >= 0.3 is 6.18 Å². The monoisotopic (exact) mass is 526 g/mol. The van der Waals surface area contributed by atoms with Crippen LogP contribution in [0.2, 0.25) is 0 Å². The lowest BCUT2D eigenvalue weighted by Gasteiger charge is -2.33. The fourth-order valence-corrected chi connectivity index (χ4v) is 4.77. The maximum absolute atomic E-state index is 13.4. The topological polar surface area (TPSA) is 58.1 Å². The first-order valence-electron chi connectivity index (χ1n) is 12.1. The second-order valence-corrected chi connectivity index (χ2v) is 9.25. The third kappa shape index (κ3) is 5.29. The average molecular weight is 527 g/mol. The van der Waals surface area contributed by atoms with Crippen LogP contribution in [0.25, 0.3) is 22.0 Å². The predicted molar refractivity (Wildman–Crippen MR) is 134 cm³/mol. The van der Waals surface area contributed by atoms with Gasteiger partial charge in [-0.3, -0.25) is 4.79 Å². The van der Waals surface area contributed by atoms with E-state index in [1.54, 1.807) is 12.1 Å². The molecular formula is C28H23F5N4O. The Bertz CT molecular complexity index is 1460. The molecule has 1 aromatic heterocycles. The van der Waals surface area contributed by atoms with Crippen LogP contribution in [0.4, 0.5) is 27.8 Å². The predicted octanol–water partition coefficient (Wildman–Crippen LogP) is 6.24. The van der Waals surface area contributed by atoms with Crippen molar-refractivity contribution in [2.24, 2.45) is 5.92 Å². The summed E-state index contributed by atoms with van der Waals surface area (Å²) < 4.78 is 66.5. The molecule has 1 aliphatic rings. The summed E-state index contributed by atoms with van der Waals surface area (Å²) in [6.07, 6.45) is -3.47. The number of nitrogens with one attached hydrogen (secondary N) is 1. The van der Waals surface area contributed by atoms with Gasteiger partial charge in [0, 0.05) is 36.0 Å². The molecule has 38 heavy (non-hydrogen) atoms. The normalized spacial score (nSPS) is 14.6. The molecule has 0 unspecified atom stereocenters. The third-order valence-electron chi connectivity index (χ3n) is 6.78. The summed E-state index contributed by atoms with van der Waals surface area (Å²) in [4.78, 5) is 14.6. The maximum Gasteiger partial charge on any atom is 0.417 e. The summed E-state index contributed by atoms with van der Waals surface area (Å²) in [5.41, 5.74) is -0.481. The molecule has 5 rings (SSSR count). The molecule has 0 saturated carbocycles. The summed E-state index contributed by atoms with van der Waals surface area (Å²) in [5, 5.41) is 13.3. The van der Waals surface area contributed by atoms with Gasteiger partial charge in [0.05, 0.1) is 11.1 Å². The molecule has 1 aliphatic heterocycles. The third-order valence-corrected chi connectivity index (χ3v) is 6.78. The first kappa shape index (κ1) is 25.6. The number of aromatic nitrogens is 2. The van der Waals surface area contributed by atoms with E-state index < -0.39 is 29.0 Å². The van der Waals surface area contributed by atoms with E-state index in [1.807, 2.05) is 24.3 Å². The zero-order chi connectivity index (χ0) is 26.9. The van der Waals surface area contributed by atoms with Gasteiger partial charge in [0.1, 0.15) is 17.3 Å². The number of alkyl halides is 3. The summed E-state index contributed by atoms with van der Waals surface area (Å²) >= 11 is 0. The van der Waals surface area contributed by atoms with Crippen molar-refractivity contribution in [3.8, 4) is 11.3 Å². The van der Waals surface area contributed by atoms with E-state index in [9.17, 15) is 26.7 Å². The van der Waals surface area contributed by atoms with Gasteiger partial charge in [-0.05, 0) is 61.2 Å². The Morgan fingerprint density at radius 3 is 2.24 bits per heavy atom. The molecule has 0 radical (unpaired) electrons. The number of fused-ring (bicyclic) bond motifs is 1. The highest BCUT2D eigenvalue weighted by Gasteiger charge is 2.36. The molecule has 3 aromatic carbocycles. The van der Waals surface area contributed by atoms with E-state index in [-0.39, 0.29) is 18.3 Å². The van der Waals surface area contributed by atoms with Gasteiger partial charge in [0.25, 0.3) is 5.91 Å². The van der Waals surface area contributed by atoms with Crippen LogP contribution in [0.5, 0.6) is 0 Å². The lowest BCUT2D eigenvalue weighted by Crippen LogP contribution is -2.39. The largest absolute Gasteiger partial charge is 0.417 e. The van der Waals surface area contributed by atoms with E-state index in [2.05, 4.69) is 20.4 Å². The SMILES string of the molecule is O=C(NCC1CCN(c2nnc(-c3ccc(F)cc3)c3ccccc23)CC1)c1ccc(F)cc1C(F)(F)F. The molecule has 2 heterocycles. The van der Waals surface area contributed by atoms with Gasteiger partial charge in [-0.2, -0.15) is 13.2 Å². The number of hydrogen-bond donors (Lipinski definition) is 1. The number of carbonyl (C=O) groups is 1. The van der Waals surface area contributed by atoms with E-state index >= 15 is 0 Å². The minimum absolute atomic E-state index is 0.0581. The van der Waals surface area contributed by atoms with Gasteiger partial charge in [0.15, 0.2) is 5.82 Å². The average Bonchev–Trinajstić information content (AvgIpc) is 2.91. The van der Waals surface area contributed by atoms with Crippen LogP contribution in [-0.2, 0) is 6.18 Å². The number of amides is 1. The zero-order valence-corrected chi connectivity index (χ0v) is 20.1. The Balaban J connectivity index is 1.26. The summed E-state index contributed by atoms with van der Waals surface area (Å²) in [6.45, 7) is 1.45. The molecule has 4 aromatic rings. The molecule has 10 heteroatoms. The van der Waals surface area contributed by atoms with Gasteiger partial charge in [-0.1, -0.05) is 24.3 Å². The van der Waals surface area contributed by atoms with Crippen molar-refractivity contribution in [1.29, 1.82) is 0 Å². The summed E-state index contributed by atoms with van der Waals surface area (Å²) in [6, 6.07) is 15.8. The molecule has 1 amide bonds. The highest BCUT2D eigenvalue weighted by atomic mass is 19.4. The number of hydrogen-bond acceptors (Lipinski definition) is 4. The molecule has 0 atom stereocenters. The van der Waals surface area contributed by atoms with Crippen LogP contribution in [-0.4, -0.2) is 35.7 Å². The van der Waals surface area contributed by atoms with E-state index in [4.69, 9.17) is 0 Å². The molecule has 1 fully saturated rings. The van der Waals surface area contributed by atoms with Gasteiger partial charge in [-0.15, -0.1) is 10.2 Å². The van der Waals surface area contributed by atoms with Crippen molar-refractivity contribution >= 4 is 22.5 Å². The van der Waals surface area contributed by atoms with Crippen molar-refractivity contribution in [3.05, 3.63) is 89.5 Å². The Morgan fingerprint density at radius 2 is 1.55 bits per heavy atom. The number of piperidine rings is 1. The Kier molecular flexibility index (Phi) is 6.96. The zero-order valence-electron chi connectivity index (χ0n) is 20.1. The van der Waals surface area contributed by atoms with Crippen molar-refractivity contribution < 1.29 is 26.7 Å². The van der Waals surface area contributed by atoms with Crippen LogP contribution in [0.15, 0.2) is 66.7 Å². The number of anilines is 1. The molecule has 1 N–H and O–H groups in total. The van der Waals surface area contributed by atoms with E-state index in [0.717, 1.165) is 34.3 Å². The first-order valence-corrected chi connectivity index (χ1v) is 12.1. The molecule has 0 aliphatic carbocycles. The molecular weight excluding hydrogens is 503 g/mol. The lowest BCUT2D eigenvalue weighted by atomic mass is 9.96. The first-order chi connectivity index (χ1) is 18.2. The lowest BCUT2D eigenvalue weighted by molar-refractivity contribution is -0.138. The fourth-order valence-electron chi connectivity index (χ4n) is 4.77. The van der Waals surface area contributed by atoms with Crippen molar-refractivity contribution in [2.45, 2.75) is 19.0 Å². The number of nitrogens with zero attached hydrogens (tertiary/aromatic N) is 3. The van der Waals surface area contributed by atoms with Crippen LogP contribution < -0.4 is 10.2 Å². The highest BCUT2D eigenvalue weighted by Crippen LogP contribution is 2.34. The Hall–Kier alpha value is -4.08. The number of rotatable bonds is 5. The van der Waals surface area contributed by atoms with E-state index in [1.165, 1.54) is 12.1 Å². The number of carbonyl (C=O) groups excluding carboxylic acids is 1.